The van der Waals surface area contributed by atoms with Crippen molar-refractivity contribution in [3.8, 4) is 16.8 Å². The van der Waals surface area contributed by atoms with Crippen LogP contribution in [-0.2, 0) is 10.8 Å². The van der Waals surface area contributed by atoms with Crippen molar-refractivity contribution < 1.29 is 4.42 Å². The molecule has 2 aliphatic heterocycles. The third-order valence-electron chi connectivity index (χ3n) is 15.0. The Labute approximate surface area is 412 Å². The predicted molar refractivity (Wildman–Crippen MR) is 302 cm³/mol. The van der Waals surface area contributed by atoms with Crippen molar-refractivity contribution in [2.24, 2.45) is 0 Å². The summed E-state index contributed by atoms with van der Waals surface area (Å²) >= 11 is 0. The Morgan fingerprint density at radius 2 is 1.20 bits per heavy atom. The fourth-order valence-electron chi connectivity index (χ4n) is 11.6. The molecular formula is C65H58BN3O. The first-order chi connectivity index (χ1) is 33.7. The molecule has 10 aromatic rings. The van der Waals surface area contributed by atoms with Crippen molar-refractivity contribution >= 4 is 102 Å². The van der Waals surface area contributed by atoms with E-state index in [9.17, 15) is 0 Å². The van der Waals surface area contributed by atoms with Gasteiger partial charge in [-0.25, -0.2) is 0 Å². The smallest absolute Gasteiger partial charge is 0.252 e. The van der Waals surface area contributed by atoms with Gasteiger partial charge in [0.25, 0.3) is 6.71 Å². The molecular weight excluding hydrogens is 850 g/mol. The van der Waals surface area contributed by atoms with E-state index in [2.05, 4.69) is 247 Å². The molecule has 5 heteroatoms. The standard InChI is InChI=1S/C65H58BN3O/c1-11-20-48-51-38-53-57(39-55(51)67(54(48)12-2)45-23-14-13-15-24-45)69(62-40(3)21-18-22-41(62)4)59-37-44(65(8,9)10)36-58-61(59)66(53)52-34-31-43(64(5,6)7)35-56(52)68(58)46-32-29-42(30-33-46)47-26-19-27-50-49-25-16-17-28-60(49)70-63(47)50/h11-39H,2H2,1,3-10H3/b20-11-. The molecule has 0 atom stereocenters. The normalized spacial score (nSPS) is 13.4. The largest absolute Gasteiger partial charge is 0.455 e. The Morgan fingerprint density at radius 1 is 0.557 bits per heavy atom. The van der Waals surface area contributed by atoms with Gasteiger partial charge in [0.2, 0.25) is 0 Å². The van der Waals surface area contributed by atoms with Gasteiger partial charge < -0.3 is 18.8 Å². The molecule has 12 rings (SSSR count). The first-order valence-corrected chi connectivity index (χ1v) is 24.8. The van der Waals surface area contributed by atoms with Crippen LogP contribution in [0.1, 0.15) is 82.0 Å². The van der Waals surface area contributed by atoms with Crippen LogP contribution in [-0.4, -0.2) is 11.3 Å². The number of nitrogens with zero attached hydrogens (tertiary/aromatic N) is 3. The summed E-state index contributed by atoms with van der Waals surface area (Å²) in [5, 5.41) is 3.48. The number of anilines is 6. The maximum absolute atomic E-state index is 6.56. The maximum atomic E-state index is 6.56. The first-order valence-electron chi connectivity index (χ1n) is 24.8. The van der Waals surface area contributed by atoms with Crippen molar-refractivity contribution in [3.05, 3.63) is 204 Å². The summed E-state index contributed by atoms with van der Waals surface area (Å²) in [5.74, 6) is 0. The summed E-state index contributed by atoms with van der Waals surface area (Å²) in [7, 11) is 0. The number of hydrogen-bond acceptors (Lipinski definition) is 3. The Bertz CT molecular complexity index is 3780. The molecule has 342 valence electrons. The fourth-order valence-corrected chi connectivity index (χ4v) is 11.6. The Kier molecular flexibility index (Phi) is 9.88. The van der Waals surface area contributed by atoms with Crippen LogP contribution in [0.5, 0.6) is 0 Å². The molecule has 0 unspecified atom stereocenters. The number of hydrogen-bond donors (Lipinski definition) is 0. The van der Waals surface area contributed by atoms with Crippen molar-refractivity contribution in [2.45, 2.75) is 73.1 Å². The average molecular weight is 908 g/mol. The zero-order valence-electron chi connectivity index (χ0n) is 41.8. The average Bonchev–Trinajstić information content (AvgIpc) is 3.88. The lowest BCUT2D eigenvalue weighted by Crippen LogP contribution is -2.61. The van der Waals surface area contributed by atoms with E-state index in [4.69, 9.17) is 4.42 Å². The van der Waals surface area contributed by atoms with Gasteiger partial charge in [-0.05, 0) is 136 Å². The number of para-hydroxylation sites is 4. The number of furan rings is 1. The predicted octanol–water partition coefficient (Wildman–Crippen LogP) is 16.2. The first kappa shape index (κ1) is 43.5. The van der Waals surface area contributed by atoms with E-state index < -0.39 is 0 Å². The molecule has 2 aromatic heterocycles. The SMILES string of the molecule is C=Cc1c(/C=C\C)c2cc3c(cc2n1-c1ccccc1)N(c1c(C)cccc1C)c1cc(C(C)(C)C)cc2c1B3c1ccc(C(C)(C)C)cc1N2c1ccc(-c2cccc3c2oc2ccccc23)cc1. The third-order valence-corrected chi connectivity index (χ3v) is 15.0. The minimum Gasteiger partial charge on any atom is -0.455 e. The van der Waals surface area contributed by atoms with Gasteiger partial charge in [0, 0.05) is 61.4 Å². The number of fused-ring (bicyclic) bond motifs is 8. The minimum absolute atomic E-state index is 0.0602. The Morgan fingerprint density at radius 3 is 1.90 bits per heavy atom. The second-order valence-corrected chi connectivity index (χ2v) is 21.5. The van der Waals surface area contributed by atoms with Gasteiger partial charge in [-0.15, -0.1) is 0 Å². The van der Waals surface area contributed by atoms with Gasteiger partial charge in [0.15, 0.2) is 0 Å². The van der Waals surface area contributed by atoms with E-state index in [1.165, 1.54) is 78.0 Å². The van der Waals surface area contributed by atoms with Gasteiger partial charge >= 0.3 is 0 Å². The summed E-state index contributed by atoms with van der Waals surface area (Å²) in [4.78, 5) is 5.18. The molecule has 2 aliphatic rings. The van der Waals surface area contributed by atoms with Gasteiger partial charge in [0.1, 0.15) is 11.2 Å². The van der Waals surface area contributed by atoms with E-state index in [0.717, 1.165) is 55.7 Å². The Balaban J connectivity index is 1.18. The van der Waals surface area contributed by atoms with E-state index in [0.29, 0.717) is 0 Å². The molecule has 0 N–H and O–H groups in total. The van der Waals surface area contributed by atoms with Crippen molar-refractivity contribution in [1.82, 2.24) is 4.57 Å². The zero-order valence-corrected chi connectivity index (χ0v) is 41.8. The van der Waals surface area contributed by atoms with Gasteiger partial charge in [0.05, 0.1) is 16.9 Å². The van der Waals surface area contributed by atoms with Crippen LogP contribution in [0.25, 0.3) is 61.8 Å². The molecule has 4 nitrogen and oxygen atoms in total. The summed E-state index contributed by atoms with van der Waals surface area (Å²) in [6.45, 7) is 25.0. The van der Waals surface area contributed by atoms with Crippen LogP contribution in [0.2, 0.25) is 0 Å². The highest BCUT2D eigenvalue weighted by Gasteiger charge is 2.45. The van der Waals surface area contributed by atoms with E-state index in [1.807, 2.05) is 12.1 Å². The molecule has 0 bridgehead atoms. The highest BCUT2D eigenvalue weighted by Crippen LogP contribution is 2.49. The van der Waals surface area contributed by atoms with Crippen LogP contribution >= 0.6 is 0 Å². The molecule has 70 heavy (non-hydrogen) atoms. The van der Waals surface area contributed by atoms with E-state index in [-0.39, 0.29) is 17.5 Å². The van der Waals surface area contributed by atoms with E-state index >= 15 is 0 Å². The highest BCUT2D eigenvalue weighted by molar-refractivity contribution is 7.00. The number of rotatable bonds is 6. The van der Waals surface area contributed by atoms with Crippen LogP contribution in [0.4, 0.5) is 34.1 Å². The number of benzene rings is 8. The molecule has 0 fully saturated rings. The van der Waals surface area contributed by atoms with E-state index in [1.54, 1.807) is 0 Å². The Hall–Kier alpha value is -7.76. The van der Waals surface area contributed by atoms with Crippen LogP contribution in [0, 0.1) is 13.8 Å². The molecule has 0 aliphatic carbocycles. The lowest BCUT2D eigenvalue weighted by Gasteiger charge is -2.46. The molecule has 8 aromatic carbocycles. The number of aromatic nitrogens is 1. The number of aryl methyl sites for hydroxylation is 2. The molecule has 4 heterocycles. The summed E-state index contributed by atoms with van der Waals surface area (Å²) in [6, 6.07) is 58.8. The summed E-state index contributed by atoms with van der Waals surface area (Å²) < 4.78 is 8.96. The van der Waals surface area contributed by atoms with Crippen LogP contribution in [0.3, 0.4) is 0 Å². The third kappa shape index (κ3) is 6.58. The second-order valence-electron chi connectivity index (χ2n) is 21.5. The maximum Gasteiger partial charge on any atom is 0.252 e. The minimum atomic E-state index is -0.158. The van der Waals surface area contributed by atoms with Gasteiger partial charge in [-0.3, -0.25) is 0 Å². The molecule has 0 spiro atoms. The van der Waals surface area contributed by atoms with Crippen molar-refractivity contribution in [2.75, 3.05) is 9.80 Å². The molecule has 0 radical (unpaired) electrons. The van der Waals surface area contributed by atoms with Crippen molar-refractivity contribution in [3.63, 3.8) is 0 Å². The second kappa shape index (κ2) is 15.9. The van der Waals surface area contributed by atoms with Crippen molar-refractivity contribution in [1.29, 1.82) is 0 Å². The molecule has 0 amide bonds. The molecule has 0 saturated heterocycles. The molecule has 0 saturated carbocycles. The zero-order chi connectivity index (χ0) is 48.4. The number of allylic oxidation sites excluding steroid dienone is 1. The lowest BCUT2D eigenvalue weighted by molar-refractivity contribution is 0.590. The summed E-state index contributed by atoms with van der Waals surface area (Å²) in [6.07, 6.45) is 6.44. The monoisotopic (exact) mass is 907 g/mol. The van der Waals surface area contributed by atoms with Gasteiger partial charge in [-0.2, -0.15) is 0 Å². The highest BCUT2D eigenvalue weighted by atomic mass is 16.3. The fraction of sp³-hybridized carbons (Fsp3) is 0.169. The topological polar surface area (TPSA) is 24.6 Å². The van der Waals surface area contributed by atoms with Crippen LogP contribution in [0.15, 0.2) is 175 Å². The quantitative estimate of drug-likeness (QED) is 0.155. The van der Waals surface area contributed by atoms with Crippen LogP contribution < -0.4 is 26.2 Å². The van der Waals surface area contributed by atoms with Gasteiger partial charge in [-0.1, -0.05) is 163 Å². The summed E-state index contributed by atoms with van der Waals surface area (Å²) in [5.41, 5.74) is 24.4. The lowest BCUT2D eigenvalue weighted by atomic mass is 9.33.